The van der Waals surface area contributed by atoms with E-state index in [1.807, 2.05) is 6.92 Å². The van der Waals surface area contributed by atoms with Crippen LogP contribution in [0.2, 0.25) is 0 Å². The molecule has 0 aromatic rings. The zero-order valence-electron chi connectivity index (χ0n) is 8.69. The van der Waals surface area contributed by atoms with Crippen molar-refractivity contribution in [1.29, 1.82) is 0 Å². The van der Waals surface area contributed by atoms with Crippen LogP contribution in [0.4, 0.5) is 8.78 Å². The molecule has 1 saturated heterocycles. The van der Waals surface area contributed by atoms with Gasteiger partial charge in [-0.1, -0.05) is 6.92 Å². The topological polar surface area (TPSA) is 41.1 Å². The van der Waals surface area contributed by atoms with E-state index in [2.05, 4.69) is 10.6 Å². The van der Waals surface area contributed by atoms with Gasteiger partial charge in [0.05, 0.1) is 12.1 Å². The third-order valence-electron chi connectivity index (χ3n) is 2.70. The van der Waals surface area contributed by atoms with Gasteiger partial charge in [0, 0.05) is 0 Å². The Morgan fingerprint density at radius 1 is 1.60 bits per heavy atom. The lowest BCUT2D eigenvalue weighted by Crippen LogP contribution is -2.53. The summed E-state index contributed by atoms with van der Waals surface area (Å²) in [5.41, 5.74) is -0.602. The Morgan fingerprint density at radius 2 is 2.27 bits per heavy atom. The van der Waals surface area contributed by atoms with Gasteiger partial charge in [-0.3, -0.25) is 4.79 Å². The molecule has 0 saturated carbocycles. The molecule has 1 amide bonds. The monoisotopic (exact) mass is 242 g/mol. The van der Waals surface area contributed by atoms with E-state index in [4.69, 9.17) is 0 Å². The summed E-state index contributed by atoms with van der Waals surface area (Å²) in [5.74, 6) is -0.294. The van der Waals surface area contributed by atoms with Crippen molar-refractivity contribution in [2.75, 3.05) is 13.1 Å². The van der Waals surface area contributed by atoms with Gasteiger partial charge in [-0.25, -0.2) is 8.78 Å². The molecule has 0 aromatic heterocycles. The van der Waals surface area contributed by atoms with Crippen LogP contribution >= 0.6 is 12.4 Å². The second-order valence-corrected chi connectivity index (χ2v) is 3.57. The third kappa shape index (κ3) is 3.57. The second kappa shape index (κ2) is 6.23. The van der Waals surface area contributed by atoms with E-state index in [9.17, 15) is 13.6 Å². The fourth-order valence-corrected chi connectivity index (χ4v) is 1.80. The third-order valence-corrected chi connectivity index (χ3v) is 2.70. The standard InChI is InChI=1S/C9H16F2N2O.ClH/c1-2-9(4-3-5-13-9)8(14)12-6-7(10)11;/h7,13H,2-6H2,1H3,(H,12,14);1H. The largest absolute Gasteiger partial charge is 0.349 e. The predicted octanol–water partition coefficient (Wildman–Crippen LogP) is 1.32. The van der Waals surface area contributed by atoms with Gasteiger partial charge < -0.3 is 10.6 Å². The summed E-state index contributed by atoms with van der Waals surface area (Å²) in [6, 6.07) is 0. The molecule has 0 aromatic carbocycles. The van der Waals surface area contributed by atoms with Crippen molar-refractivity contribution in [2.24, 2.45) is 0 Å². The molecule has 1 fully saturated rings. The number of hydrogen-bond donors (Lipinski definition) is 2. The van der Waals surface area contributed by atoms with Crippen LogP contribution in [0.15, 0.2) is 0 Å². The average molecular weight is 243 g/mol. The van der Waals surface area contributed by atoms with Crippen molar-refractivity contribution in [3.05, 3.63) is 0 Å². The maximum Gasteiger partial charge on any atom is 0.255 e. The molecule has 1 unspecified atom stereocenters. The first-order valence-corrected chi connectivity index (χ1v) is 4.92. The van der Waals surface area contributed by atoms with Crippen LogP contribution in [-0.4, -0.2) is 31.0 Å². The Morgan fingerprint density at radius 3 is 2.67 bits per heavy atom. The molecule has 0 spiro atoms. The molecule has 1 aliphatic heterocycles. The first-order valence-electron chi connectivity index (χ1n) is 4.92. The molecule has 3 nitrogen and oxygen atoms in total. The highest BCUT2D eigenvalue weighted by Crippen LogP contribution is 2.22. The van der Waals surface area contributed by atoms with Crippen LogP contribution in [0, 0.1) is 0 Å². The van der Waals surface area contributed by atoms with Gasteiger partial charge in [-0.15, -0.1) is 12.4 Å². The molecule has 6 heteroatoms. The van der Waals surface area contributed by atoms with Gasteiger partial charge in [0.1, 0.15) is 0 Å². The van der Waals surface area contributed by atoms with Crippen molar-refractivity contribution in [2.45, 2.75) is 38.2 Å². The summed E-state index contributed by atoms with van der Waals surface area (Å²) >= 11 is 0. The number of hydrogen-bond acceptors (Lipinski definition) is 2. The van der Waals surface area contributed by atoms with E-state index in [0.29, 0.717) is 6.42 Å². The molecular formula is C9H17ClF2N2O. The van der Waals surface area contributed by atoms with Crippen molar-refractivity contribution >= 4 is 18.3 Å². The van der Waals surface area contributed by atoms with Crippen molar-refractivity contribution in [1.82, 2.24) is 10.6 Å². The van der Waals surface area contributed by atoms with Gasteiger partial charge >= 0.3 is 0 Å². The van der Waals surface area contributed by atoms with Gasteiger partial charge in [-0.05, 0) is 25.8 Å². The molecule has 90 valence electrons. The van der Waals surface area contributed by atoms with Crippen LogP contribution in [0.1, 0.15) is 26.2 Å². The van der Waals surface area contributed by atoms with Gasteiger partial charge in [0.15, 0.2) is 0 Å². The predicted molar refractivity (Wildman–Crippen MR) is 56.5 cm³/mol. The summed E-state index contributed by atoms with van der Waals surface area (Å²) in [5, 5.41) is 5.35. The number of carbonyl (C=O) groups is 1. The Balaban J connectivity index is 0.00000196. The van der Waals surface area contributed by atoms with E-state index in [-0.39, 0.29) is 18.3 Å². The second-order valence-electron chi connectivity index (χ2n) is 3.57. The fraction of sp³-hybridized carbons (Fsp3) is 0.889. The molecule has 1 rings (SSSR count). The Bertz CT molecular complexity index is 208. The zero-order chi connectivity index (χ0) is 10.6. The molecule has 0 bridgehead atoms. The fourth-order valence-electron chi connectivity index (χ4n) is 1.80. The van der Waals surface area contributed by atoms with Crippen LogP contribution in [-0.2, 0) is 4.79 Å². The molecule has 2 N–H and O–H groups in total. The van der Waals surface area contributed by atoms with Crippen molar-refractivity contribution < 1.29 is 13.6 Å². The Kier molecular flexibility index (Phi) is 6.05. The van der Waals surface area contributed by atoms with Crippen LogP contribution in [0.3, 0.4) is 0 Å². The quantitative estimate of drug-likeness (QED) is 0.781. The van der Waals surface area contributed by atoms with Gasteiger partial charge in [0.2, 0.25) is 5.91 Å². The molecule has 1 aliphatic rings. The minimum Gasteiger partial charge on any atom is -0.349 e. The summed E-state index contributed by atoms with van der Waals surface area (Å²) in [4.78, 5) is 11.6. The first kappa shape index (κ1) is 14.6. The molecule has 0 radical (unpaired) electrons. The minimum atomic E-state index is -2.48. The van der Waals surface area contributed by atoms with E-state index in [1.165, 1.54) is 0 Å². The van der Waals surface area contributed by atoms with Crippen molar-refractivity contribution in [3.63, 3.8) is 0 Å². The molecular weight excluding hydrogens is 226 g/mol. The molecule has 1 heterocycles. The van der Waals surface area contributed by atoms with Gasteiger partial charge in [-0.2, -0.15) is 0 Å². The average Bonchev–Trinajstić information content (AvgIpc) is 2.63. The highest BCUT2D eigenvalue weighted by molar-refractivity contribution is 5.86. The SMILES string of the molecule is CCC1(C(=O)NCC(F)F)CCCN1.Cl. The normalized spacial score (nSPS) is 25.1. The molecule has 1 atom stereocenters. The summed E-state index contributed by atoms with van der Waals surface area (Å²) < 4.78 is 23.8. The molecule has 15 heavy (non-hydrogen) atoms. The molecule has 0 aliphatic carbocycles. The van der Waals surface area contributed by atoms with Crippen molar-refractivity contribution in [3.8, 4) is 0 Å². The van der Waals surface area contributed by atoms with E-state index in [1.54, 1.807) is 0 Å². The van der Waals surface area contributed by atoms with E-state index < -0.39 is 18.5 Å². The lowest BCUT2D eigenvalue weighted by atomic mass is 9.93. The number of halogens is 3. The number of amides is 1. The smallest absolute Gasteiger partial charge is 0.255 e. The lowest BCUT2D eigenvalue weighted by Gasteiger charge is -2.26. The number of alkyl halides is 2. The zero-order valence-corrected chi connectivity index (χ0v) is 9.50. The highest BCUT2D eigenvalue weighted by atomic mass is 35.5. The lowest BCUT2D eigenvalue weighted by molar-refractivity contribution is -0.127. The Labute approximate surface area is 94.4 Å². The maximum atomic E-state index is 11.9. The summed E-state index contributed by atoms with van der Waals surface area (Å²) in [6.45, 7) is 2.12. The minimum absolute atomic E-state index is 0. The number of carbonyl (C=O) groups excluding carboxylic acids is 1. The number of nitrogens with one attached hydrogen (secondary N) is 2. The van der Waals surface area contributed by atoms with Crippen LogP contribution in [0.5, 0.6) is 0 Å². The van der Waals surface area contributed by atoms with E-state index in [0.717, 1.165) is 19.4 Å². The van der Waals surface area contributed by atoms with Crippen LogP contribution < -0.4 is 10.6 Å². The first-order chi connectivity index (χ1) is 6.60. The number of rotatable bonds is 4. The maximum absolute atomic E-state index is 11.9. The highest BCUT2D eigenvalue weighted by Gasteiger charge is 2.38. The summed E-state index contributed by atoms with van der Waals surface area (Å²) in [7, 11) is 0. The van der Waals surface area contributed by atoms with Gasteiger partial charge in [0.25, 0.3) is 6.43 Å². The summed E-state index contributed by atoms with van der Waals surface area (Å²) in [6.07, 6.45) is -0.175. The van der Waals surface area contributed by atoms with Crippen LogP contribution in [0.25, 0.3) is 0 Å². The Hall–Kier alpha value is -0.420. The van der Waals surface area contributed by atoms with E-state index >= 15 is 0 Å².